The Hall–Kier alpha value is -2.55. The Bertz CT molecular complexity index is 941. The molecule has 0 saturated carbocycles. The van der Waals surface area contributed by atoms with Gasteiger partial charge in [0.05, 0.1) is 16.1 Å². The van der Waals surface area contributed by atoms with Crippen LogP contribution >= 0.6 is 0 Å². The van der Waals surface area contributed by atoms with Crippen LogP contribution in [-0.4, -0.2) is 20.9 Å². The zero-order valence-corrected chi connectivity index (χ0v) is 15.0. The van der Waals surface area contributed by atoms with Crippen molar-refractivity contribution in [3.8, 4) is 0 Å². The van der Waals surface area contributed by atoms with Crippen molar-refractivity contribution in [2.24, 2.45) is 0 Å². The van der Waals surface area contributed by atoms with Crippen LogP contribution in [-0.2, 0) is 21.0 Å². The van der Waals surface area contributed by atoms with E-state index in [0.717, 1.165) is 25.0 Å². The highest BCUT2D eigenvalue weighted by molar-refractivity contribution is 7.92. The molecule has 0 aromatic heterocycles. The first-order chi connectivity index (χ1) is 12.7. The van der Waals surface area contributed by atoms with Gasteiger partial charge < -0.3 is 4.90 Å². The number of anilines is 2. The molecule has 1 heterocycles. The van der Waals surface area contributed by atoms with Crippen LogP contribution < -0.4 is 9.62 Å². The summed E-state index contributed by atoms with van der Waals surface area (Å²) in [4.78, 5) is 13.3. The van der Waals surface area contributed by atoms with Crippen LogP contribution in [0.5, 0.6) is 0 Å². The summed E-state index contributed by atoms with van der Waals surface area (Å²) in [6.07, 6.45) is -2.56. The van der Waals surface area contributed by atoms with Gasteiger partial charge >= 0.3 is 6.18 Å². The highest BCUT2D eigenvalue weighted by Gasteiger charge is 2.34. The third-order valence-corrected chi connectivity index (χ3v) is 5.64. The first-order valence-electron chi connectivity index (χ1n) is 8.28. The highest BCUT2D eigenvalue weighted by atomic mass is 32.2. The van der Waals surface area contributed by atoms with Gasteiger partial charge in [-0.05, 0) is 49.2 Å². The lowest BCUT2D eigenvalue weighted by Crippen LogP contribution is -2.35. The van der Waals surface area contributed by atoms with Crippen molar-refractivity contribution in [3.63, 3.8) is 0 Å². The molecular weight excluding hydrogens is 381 g/mol. The Balaban J connectivity index is 1.85. The van der Waals surface area contributed by atoms with E-state index in [4.69, 9.17) is 0 Å². The molecule has 0 aliphatic carbocycles. The fraction of sp³-hybridized carbons (Fsp3) is 0.278. The first kappa shape index (κ1) is 19.2. The van der Waals surface area contributed by atoms with Crippen molar-refractivity contribution >= 4 is 27.3 Å². The number of hydrogen-bond acceptors (Lipinski definition) is 3. The van der Waals surface area contributed by atoms with E-state index >= 15 is 0 Å². The molecule has 2 aromatic rings. The molecule has 1 amide bonds. The maximum atomic E-state index is 13.0. The largest absolute Gasteiger partial charge is 0.418 e. The predicted octanol–water partition coefficient (Wildman–Crippen LogP) is 4.02. The molecule has 2 aromatic carbocycles. The van der Waals surface area contributed by atoms with Crippen molar-refractivity contribution in [3.05, 3.63) is 54.1 Å². The summed E-state index contributed by atoms with van der Waals surface area (Å²) in [6.45, 7) is 0.558. The normalized spacial score (nSPS) is 15.7. The van der Waals surface area contributed by atoms with E-state index in [-0.39, 0.29) is 10.8 Å². The van der Waals surface area contributed by atoms with Crippen LogP contribution in [0.2, 0.25) is 0 Å². The van der Waals surface area contributed by atoms with Gasteiger partial charge in [0.15, 0.2) is 0 Å². The van der Waals surface area contributed by atoms with Gasteiger partial charge in [-0.1, -0.05) is 12.1 Å². The fourth-order valence-corrected chi connectivity index (χ4v) is 3.99. The van der Waals surface area contributed by atoms with Gasteiger partial charge in [-0.3, -0.25) is 9.52 Å². The molecule has 1 fully saturated rings. The third-order valence-electron chi connectivity index (χ3n) is 4.26. The third kappa shape index (κ3) is 4.24. The number of alkyl halides is 3. The predicted molar refractivity (Wildman–Crippen MR) is 94.9 cm³/mol. The second-order valence-electron chi connectivity index (χ2n) is 6.15. The Labute approximate surface area is 154 Å². The number of hydrogen-bond donors (Lipinski definition) is 1. The number of benzene rings is 2. The number of amides is 1. The molecule has 0 bridgehead atoms. The van der Waals surface area contributed by atoms with Crippen LogP contribution in [0.25, 0.3) is 0 Å². The maximum Gasteiger partial charge on any atom is 0.418 e. The summed E-state index contributed by atoms with van der Waals surface area (Å²) >= 11 is 0. The molecule has 9 heteroatoms. The lowest BCUT2D eigenvalue weighted by Gasteiger charge is -2.26. The molecular formula is C18H17F3N2O3S. The van der Waals surface area contributed by atoms with E-state index in [1.807, 2.05) is 4.72 Å². The summed E-state index contributed by atoms with van der Waals surface area (Å²) < 4.78 is 66.1. The quantitative estimate of drug-likeness (QED) is 0.846. The SMILES string of the molecule is O=C1CCCCN1c1ccc(S(=O)(=O)Nc2ccccc2C(F)(F)F)cc1. The van der Waals surface area contributed by atoms with Crippen molar-refractivity contribution in [2.75, 3.05) is 16.2 Å². The Morgan fingerprint density at radius 1 is 0.963 bits per heavy atom. The first-order valence-corrected chi connectivity index (χ1v) is 9.76. The second kappa shape index (κ2) is 7.22. The lowest BCUT2D eigenvalue weighted by molar-refractivity contribution is -0.136. The Morgan fingerprint density at radius 3 is 2.26 bits per heavy atom. The number of halogens is 3. The molecule has 0 spiro atoms. The number of para-hydroxylation sites is 1. The average Bonchev–Trinajstić information content (AvgIpc) is 2.61. The van der Waals surface area contributed by atoms with Crippen LogP contribution in [0.3, 0.4) is 0 Å². The van der Waals surface area contributed by atoms with Crippen molar-refractivity contribution < 1.29 is 26.4 Å². The van der Waals surface area contributed by atoms with Gasteiger partial charge in [-0.25, -0.2) is 8.42 Å². The summed E-state index contributed by atoms with van der Waals surface area (Å²) in [5.74, 6) is -0.0333. The number of carbonyl (C=O) groups excluding carboxylic acids is 1. The topological polar surface area (TPSA) is 66.5 Å². The zero-order chi connectivity index (χ0) is 19.7. The van der Waals surface area contributed by atoms with E-state index < -0.39 is 27.5 Å². The molecule has 1 N–H and O–H groups in total. The average molecular weight is 398 g/mol. The molecule has 5 nitrogen and oxygen atoms in total. The summed E-state index contributed by atoms with van der Waals surface area (Å²) in [5.41, 5.74) is -1.04. The monoisotopic (exact) mass is 398 g/mol. The Kier molecular flexibility index (Phi) is 5.14. The standard InChI is InChI=1S/C18H17F3N2O3S/c19-18(20,21)15-5-1-2-6-16(15)22-27(25,26)14-10-8-13(9-11-14)23-12-4-3-7-17(23)24/h1-2,5-6,8-11,22H,3-4,7,12H2. The van der Waals surface area contributed by atoms with Gasteiger partial charge in [0.25, 0.3) is 10.0 Å². The van der Waals surface area contributed by atoms with Crippen LogP contribution in [0, 0.1) is 0 Å². The van der Waals surface area contributed by atoms with Crippen LogP contribution in [0.15, 0.2) is 53.4 Å². The number of piperidine rings is 1. The van der Waals surface area contributed by atoms with E-state index in [2.05, 4.69) is 0 Å². The van der Waals surface area contributed by atoms with Gasteiger partial charge in [0, 0.05) is 18.7 Å². The Morgan fingerprint density at radius 2 is 1.63 bits per heavy atom. The van der Waals surface area contributed by atoms with Crippen molar-refractivity contribution in [1.29, 1.82) is 0 Å². The van der Waals surface area contributed by atoms with E-state index in [1.165, 1.54) is 36.4 Å². The lowest BCUT2D eigenvalue weighted by atomic mass is 10.1. The molecule has 3 rings (SSSR count). The molecule has 1 saturated heterocycles. The van der Waals surface area contributed by atoms with E-state index in [9.17, 15) is 26.4 Å². The summed E-state index contributed by atoms with van der Waals surface area (Å²) in [6, 6.07) is 9.87. The van der Waals surface area contributed by atoms with Gasteiger partial charge in [0.2, 0.25) is 5.91 Å². The number of nitrogens with one attached hydrogen (secondary N) is 1. The molecule has 27 heavy (non-hydrogen) atoms. The smallest absolute Gasteiger partial charge is 0.312 e. The number of rotatable bonds is 4. The number of sulfonamides is 1. The van der Waals surface area contributed by atoms with Gasteiger partial charge in [-0.2, -0.15) is 13.2 Å². The number of nitrogens with zero attached hydrogens (tertiary/aromatic N) is 1. The summed E-state index contributed by atoms with van der Waals surface area (Å²) in [5, 5.41) is 0. The van der Waals surface area contributed by atoms with Crippen molar-refractivity contribution in [2.45, 2.75) is 30.3 Å². The van der Waals surface area contributed by atoms with E-state index in [1.54, 1.807) is 4.90 Å². The fourth-order valence-electron chi connectivity index (χ4n) is 2.91. The molecule has 1 aliphatic heterocycles. The zero-order valence-electron chi connectivity index (χ0n) is 14.2. The maximum absolute atomic E-state index is 13.0. The minimum absolute atomic E-state index is 0.0333. The van der Waals surface area contributed by atoms with E-state index in [0.29, 0.717) is 18.7 Å². The van der Waals surface area contributed by atoms with Gasteiger partial charge in [0.1, 0.15) is 0 Å². The van der Waals surface area contributed by atoms with Crippen molar-refractivity contribution in [1.82, 2.24) is 0 Å². The molecule has 0 atom stereocenters. The summed E-state index contributed by atoms with van der Waals surface area (Å²) in [7, 11) is -4.21. The molecule has 144 valence electrons. The minimum Gasteiger partial charge on any atom is -0.312 e. The second-order valence-corrected chi connectivity index (χ2v) is 7.83. The minimum atomic E-state index is -4.68. The number of carbonyl (C=O) groups is 1. The van der Waals surface area contributed by atoms with Crippen LogP contribution in [0.4, 0.5) is 24.5 Å². The van der Waals surface area contributed by atoms with Crippen LogP contribution in [0.1, 0.15) is 24.8 Å². The van der Waals surface area contributed by atoms with Gasteiger partial charge in [-0.15, -0.1) is 0 Å². The molecule has 0 unspecified atom stereocenters. The molecule has 0 radical (unpaired) electrons. The highest BCUT2D eigenvalue weighted by Crippen LogP contribution is 2.35. The molecule has 1 aliphatic rings.